The van der Waals surface area contributed by atoms with E-state index < -0.39 is 0 Å². The second-order valence-corrected chi connectivity index (χ2v) is 5.94. The Morgan fingerprint density at radius 1 is 1.22 bits per heavy atom. The fourth-order valence-electron chi connectivity index (χ4n) is 1.75. The number of hydrogen-bond donors (Lipinski definition) is 1. The van der Waals surface area contributed by atoms with Crippen LogP contribution in [0.2, 0.25) is 0 Å². The normalized spacial score (nSPS) is 11.0. The van der Waals surface area contributed by atoms with Gasteiger partial charge in [0.15, 0.2) is 5.58 Å². The van der Waals surface area contributed by atoms with Crippen molar-refractivity contribution in [3.8, 4) is 11.5 Å². The summed E-state index contributed by atoms with van der Waals surface area (Å²) in [6, 6.07) is 11.6. The number of nitrogens with zero attached hydrogens (tertiary/aromatic N) is 1. The van der Waals surface area contributed by atoms with E-state index in [9.17, 15) is 0 Å². The third kappa shape index (κ3) is 2.01. The van der Waals surface area contributed by atoms with E-state index in [2.05, 4.69) is 43.5 Å². The quantitative estimate of drug-likeness (QED) is 0.473. The van der Waals surface area contributed by atoms with Crippen LogP contribution in [0.3, 0.4) is 0 Å². The van der Waals surface area contributed by atoms with Gasteiger partial charge in [0.1, 0.15) is 5.52 Å². The van der Waals surface area contributed by atoms with Gasteiger partial charge in [-0.3, -0.25) is 0 Å². The zero-order valence-corrected chi connectivity index (χ0v) is 12.9. The summed E-state index contributed by atoms with van der Waals surface area (Å²) < 4.78 is 7.82. The minimum atomic E-state index is 0.577. The van der Waals surface area contributed by atoms with Crippen LogP contribution in [-0.2, 0) is 0 Å². The van der Waals surface area contributed by atoms with Gasteiger partial charge >= 0.3 is 0 Å². The van der Waals surface area contributed by atoms with Gasteiger partial charge in [-0.05, 0) is 68.9 Å². The number of anilines is 1. The lowest BCUT2D eigenvalue weighted by Crippen LogP contribution is -1.85. The van der Waals surface area contributed by atoms with E-state index >= 15 is 0 Å². The van der Waals surface area contributed by atoms with Crippen molar-refractivity contribution in [3.05, 3.63) is 44.4 Å². The van der Waals surface area contributed by atoms with Crippen molar-refractivity contribution in [2.45, 2.75) is 0 Å². The second kappa shape index (κ2) is 4.55. The summed E-state index contributed by atoms with van der Waals surface area (Å²) in [4.78, 5) is 4.46. The largest absolute Gasteiger partial charge is 0.436 e. The van der Waals surface area contributed by atoms with E-state index in [1.54, 1.807) is 0 Å². The van der Waals surface area contributed by atoms with Crippen molar-refractivity contribution in [2.24, 2.45) is 0 Å². The van der Waals surface area contributed by atoms with Crippen LogP contribution in [0.1, 0.15) is 0 Å². The first-order chi connectivity index (χ1) is 8.65. The van der Waals surface area contributed by atoms with Gasteiger partial charge in [-0.1, -0.05) is 6.07 Å². The molecule has 0 amide bonds. The molecule has 0 unspecified atom stereocenters. The van der Waals surface area contributed by atoms with Gasteiger partial charge in [0.05, 0.1) is 11.3 Å². The van der Waals surface area contributed by atoms with Crippen LogP contribution < -0.4 is 5.73 Å². The number of hydrogen-bond acceptors (Lipinski definition) is 3. The number of aromatic nitrogens is 1. The Balaban J connectivity index is 2.26. The maximum Gasteiger partial charge on any atom is 0.228 e. The summed E-state index contributed by atoms with van der Waals surface area (Å²) in [5.74, 6) is 0.577. The number of para-hydroxylation sites is 1. The first-order valence-electron chi connectivity index (χ1n) is 5.25. The Kier molecular flexibility index (Phi) is 3.03. The second-order valence-electron chi connectivity index (χ2n) is 3.84. The molecular formula is C13H8BrIN2O. The van der Waals surface area contributed by atoms with E-state index in [1.807, 2.05) is 36.4 Å². The smallest absolute Gasteiger partial charge is 0.228 e. The van der Waals surface area contributed by atoms with E-state index in [4.69, 9.17) is 10.2 Å². The van der Waals surface area contributed by atoms with Gasteiger partial charge in [-0.25, -0.2) is 4.98 Å². The molecule has 0 spiro atoms. The summed E-state index contributed by atoms with van der Waals surface area (Å²) in [6.07, 6.45) is 0. The molecule has 3 nitrogen and oxygen atoms in total. The minimum Gasteiger partial charge on any atom is -0.436 e. The van der Waals surface area contributed by atoms with E-state index in [0.29, 0.717) is 22.7 Å². The van der Waals surface area contributed by atoms with Crippen LogP contribution in [0, 0.1) is 3.57 Å². The van der Waals surface area contributed by atoms with E-state index in [1.165, 1.54) is 0 Å². The molecule has 0 aliphatic carbocycles. The molecular weight excluding hydrogens is 407 g/mol. The third-order valence-electron chi connectivity index (χ3n) is 2.61. The average molecular weight is 415 g/mol. The van der Waals surface area contributed by atoms with Gasteiger partial charge < -0.3 is 10.2 Å². The third-order valence-corrected chi connectivity index (χ3v) is 3.97. The predicted octanol–water partition coefficient (Wildman–Crippen LogP) is 4.44. The Morgan fingerprint density at radius 3 is 2.83 bits per heavy atom. The maximum atomic E-state index is 5.88. The molecule has 0 bridgehead atoms. The fraction of sp³-hybridized carbons (Fsp3) is 0. The Bertz CT molecular complexity index is 739. The summed E-state index contributed by atoms with van der Waals surface area (Å²) in [5, 5.41) is 0. The van der Waals surface area contributed by atoms with Crippen LogP contribution in [0.15, 0.2) is 45.3 Å². The van der Waals surface area contributed by atoms with Crippen LogP contribution in [0.4, 0.5) is 5.69 Å². The number of fused-ring (bicyclic) bond motifs is 1. The van der Waals surface area contributed by atoms with Crippen LogP contribution >= 0.6 is 38.5 Å². The van der Waals surface area contributed by atoms with Crippen LogP contribution in [0.25, 0.3) is 22.6 Å². The Hall–Kier alpha value is -1.08. The zero-order chi connectivity index (χ0) is 12.7. The first-order valence-corrected chi connectivity index (χ1v) is 7.13. The molecule has 90 valence electrons. The molecule has 0 aliphatic heterocycles. The average Bonchev–Trinajstić information content (AvgIpc) is 2.77. The van der Waals surface area contributed by atoms with Crippen molar-refractivity contribution in [1.29, 1.82) is 0 Å². The number of benzene rings is 2. The highest BCUT2D eigenvalue weighted by atomic mass is 127. The number of nitrogens with two attached hydrogens (primary N) is 1. The molecule has 0 saturated heterocycles. The maximum absolute atomic E-state index is 5.88. The molecule has 2 N–H and O–H groups in total. The van der Waals surface area contributed by atoms with Crippen molar-refractivity contribution >= 4 is 55.3 Å². The lowest BCUT2D eigenvalue weighted by Gasteiger charge is -1.99. The molecule has 3 aromatic rings. The molecule has 18 heavy (non-hydrogen) atoms. The summed E-state index contributed by atoms with van der Waals surface area (Å²) >= 11 is 5.77. The fourth-order valence-corrected chi connectivity index (χ4v) is 2.65. The standard InChI is InChI=1S/C13H8BrIN2O/c14-9-5-4-7(15)6-8(9)13-17-12-10(16)2-1-3-11(12)18-13/h1-6H,16H2. The lowest BCUT2D eigenvalue weighted by molar-refractivity contribution is 0.619. The summed E-state index contributed by atoms with van der Waals surface area (Å²) in [7, 11) is 0. The van der Waals surface area contributed by atoms with Crippen molar-refractivity contribution < 1.29 is 4.42 Å². The predicted molar refractivity (Wildman–Crippen MR) is 84.3 cm³/mol. The van der Waals surface area contributed by atoms with Crippen LogP contribution in [0.5, 0.6) is 0 Å². The number of nitrogen functional groups attached to an aromatic ring is 1. The highest BCUT2D eigenvalue weighted by Crippen LogP contribution is 2.32. The van der Waals surface area contributed by atoms with Gasteiger partial charge in [0.25, 0.3) is 0 Å². The van der Waals surface area contributed by atoms with Gasteiger partial charge in [0.2, 0.25) is 5.89 Å². The molecule has 1 aromatic heterocycles. The first kappa shape index (κ1) is 12.0. The lowest BCUT2D eigenvalue weighted by atomic mass is 10.2. The van der Waals surface area contributed by atoms with Gasteiger partial charge in [-0.2, -0.15) is 0 Å². The summed E-state index contributed by atoms with van der Waals surface area (Å²) in [5.41, 5.74) is 8.85. The Labute approximate surface area is 126 Å². The van der Waals surface area contributed by atoms with Crippen LogP contribution in [-0.4, -0.2) is 4.98 Å². The molecule has 0 saturated carbocycles. The zero-order valence-electron chi connectivity index (χ0n) is 9.15. The summed E-state index contributed by atoms with van der Waals surface area (Å²) in [6.45, 7) is 0. The highest BCUT2D eigenvalue weighted by molar-refractivity contribution is 14.1. The van der Waals surface area contributed by atoms with Gasteiger partial charge in [-0.15, -0.1) is 0 Å². The SMILES string of the molecule is Nc1cccc2oc(-c3cc(I)ccc3Br)nc12. The Morgan fingerprint density at radius 2 is 2.06 bits per heavy atom. The highest BCUT2D eigenvalue weighted by Gasteiger charge is 2.13. The molecule has 0 fully saturated rings. The minimum absolute atomic E-state index is 0.577. The monoisotopic (exact) mass is 414 g/mol. The van der Waals surface area contributed by atoms with E-state index in [0.717, 1.165) is 13.6 Å². The topological polar surface area (TPSA) is 52.0 Å². The molecule has 1 heterocycles. The molecule has 3 rings (SSSR count). The molecule has 2 aromatic carbocycles. The van der Waals surface area contributed by atoms with Crippen molar-refractivity contribution in [1.82, 2.24) is 4.98 Å². The number of rotatable bonds is 1. The number of halogens is 2. The van der Waals surface area contributed by atoms with Crippen molar-refractivity contribution in [2.75, 3.05) is 5.73 Å². The van der Waals surface area contributed by atoms with E-state index in [-0.39, 0.29) is 0 Å². The molecule has 0 radical (unpaired) electrons. The van der Waals surface area contributed by atoms with Crippen molar-refractivity contribution in [3.63, 3.8) is 0 Å². The molecule has 0 atom stereocenters. The molecule has 5 heteroatoms. The number of oxazole rings is 1. The molecule has 0 aliphatic rings. The van der Waals surface area contributed by atoms with Gasteiger partial charge in [0, 0.05) is 8.04 Å².